The summed E-state index contributed by atoms with van der Waals surface area (Å²) < 4.78 is 121. The molecule has 1 aliphatic heterocycles. The summed E-state index contributed by atoms with van der Waals surface area (Å²) in [6.45, 7) is 3.64. The lowest BCUT2D eigenvalue weighted by atomic mass is 9.99. The van der Waals surface area contributed by atoms with E-state index in [0.29, 0.717) is 0 Å². The lowest BCUT2D eigenvalue weighted by Crippen LogP contribution is -2.47. The van der Waals surface area contributed by atoms with Gasteiger partial charge in [-0.1, -0.05) is 70.8 Å². The van der Waals surface area contributed by atoms with E-state index in [1.165, 1.54) is 60.7 Å². The summed E-state index contributed by atoms with van der Waals surface area (Å²) in [4.78, 5) is -0.416. The van der Waals surface area contributed by atoms with E-state index >= 15 is 0 Å². The summed E-state index contributed by atoms with van der Waals surface area (Å²) in [6.07, 6.45) is 0. The van der Waals surface area contributed by atoms with Crippen LogP contribution in [-0.4, -0.2) is 90.2 Å². The Hall–Kier alpha value is -5.28. The fraction of sp³-hybridized carbons (Fsp3) is 0.273. The van der Waals surface area contributed by atoms with Crippen LogP contribution in [0.15, 0.2) is 129 Å². The van der Waals surface area contributed by atoms with E-state index in [4.69, 9.17) is 0 Å². The maximum atomic E-state index is 14.6. The van der Waals surface area contributed by atoms with Gasteiger partial charge in [0.25, 0.3) is 0 Å². The van der Waals surface area contributed by atoms with Crippen molar-refractivity contribution in [2.75, 3.05) is 39.3 Å². The van der Waals surface area contributed by atoms with E-state index in [1.807, 2.05) is 12.1 Å². The van der Waals surface area contributed by atoms with Gasteiger partial charge < -0.3 is 0 Å². The van der Waals surface area contributed by atoms with E-state index in [1.54, 1.807) is 76.2 Å². The van der Waals surface area contributed by atoms with Crippen molar-refractivity contribution in [3.8, 4) is 12.1 Å². The maximum absolute atomic E-state index is 14.6. The number of nitriles is 2. The van der Waals surface area contributed by atoms with Crippen molar-refractivity contribution >= 4 is 40.1 Å². The summed E-state index contributed by atoms with van der Waals surface area (Å²) in [5.41, 5.74) is 3.32. The van der Waals surface area contributed by atoms with Crippen LogP contribution in [0.5, 0.6) is 0 Å². The van der Waals surface area contributed by atoms with Crippen LogP contribution in [-0.2, 0) is 53.2 Å². The Labute approximate surface area is 365 Å². The summed E-state index contributed by atoms with van der Waals surface area (Å²) in [5, 5.41) is 20.2. The number of hydrogen-bond donors (Lipinski definition) is 0. The normalized spacial score (nSPS) is 16.1. The Balaban J connectivity index is 1.59. The van der Waals surface area contributed by atoms with Crippen LogP contribution in [0.2, 0.25) is 0 Å². The van der Waals surface area contributed by atoms with Crippen molar-refractivity contribution < 1.29 is 33.7 Å². The molecule has 0 aliphatic carbocycles. The minimum atomic E-state index is -4.44. The van der Waals surface area contributed by atoms with Gasteiger partial charge in [-0.25, -0.2) is 33.7 Å². The van der Waals surface area contributed by atoms with Crippen LogP contribution in [0.25, 0.3) is 0 Å². The van der Waals surface area contributed by atoms with Gasteiger partial charge >= 0.3 is 0 Å². The fourth-order valence-corrected chi connectivity index (χ4v) is 12.6. The van der Waals surface area contributed by atoms with Gasteiger partial charge in [0.2, 0.25) is 40.1 Å². The highest BCUT2D eigenvalue weighted by atomic mass is 32.2. The van der Waals surface area contributed by atoms with Crippen molar-refractivity contribution in [1.82, 2.24) is 17.2 Å². The second-order valence-electron chi connectivity index (χ2n) is 15.1. The number of hydrogen-bond acceptors (Lipinski definition) is 10. The zero-order chi connectivity index (χ0) is 45.0. The minimum absolute atomic E-state index is 0.0908. The fourth-order valence-electron chi connectivity index (χ4n) is 6.93. The largest absolute Gasteiger partial charge is 0.243 e. The standard InChI is InChI=1S/C44H46N6O8S4/c1-33-5-13-41(14-6-33)59(51,52)47-21-22-48(60(53,54)42-15-7-34(2)8-16-42)24-26-50(62(57,58)44-19-11-36(4)12-20-44)32-40-28-38(30-46)37(29-45)27-39(40)31-49(25-23-47)61(55,56)43-17-9-35(3)10-18-43/h5-20,27-28H,21-26,31-32H2,1-4H3. The Kier molecular flexibility index (Phi) is 13.9. The highest BCUT2D eigenvalue weighted by Crippen LogP contribution is 2.28. The predicted molar refractivity (Wildman–Crippen MR) is 233 cm³/mol. The molecule has 0 saturated heterocycles. The number of sulfonamides is 4. The molecule has 6 rings (SSSR count). The molecule has 0 atom stereocenters. The van der Waals surface area contributed by atoms with Crippen molar-refractivity contribution in [3.05, 3.63) is 154 Å². The Morgan fingerprint density at radius 1 is 0.371 bits per heavy atom. The quantitative estimate of drug-likeness (QED) is 0.193. The van der Waals surface area contributed by atoms with Crippen molar-refractivity contribution in [1.29, 1.82) is 10.5 Å². The van der Waals surface area contributed by atoms with Crippen molar-refractivity contribution in [2.24, 2.45) is 0 Å². The van der Waals surface area contributed by atoms with E-state index in [-0.39, 0.29) is 41.8 Å². The second kappa shape index (κ2) is 18.6. The lowest BCUT2D eigenvalue weighted by Gasteiger charge is -2.32. The van der Waals surface area contributed by atoms with E-state index < -0.39 is 92.5 Å². The van der Waals surface area contributed by atoms with Gasteiger partial charge in [-0.15, -0.1) is 0 Å². The second-order valence-corrected chi connectivity index (χ2v) is 22.9. The summed E-state index contributed by atoms with van der Waals surface area (Å²) in [7, 11) is -17.7. The molecule has 0 radical (unpaired) electrons. The average molecular weight is 915 g/mol. The predicted octanol–water partition coefficient (Wildman–Crippen LogP) is 5.44. The molecule has 0 spiro atoms. The zero-order valence-electron chi connectivity index (χ0n) is 34.6. The highest BCUT2D eigenvalue weighted by Gasteiger charge is 2.35. The molecule has 324 valence electrons. The molecule has 18 heteroatoms. The Morgan fingerprint density at radius 3 is 0.806 bits per heavy atom. The van der Waals surface area contributed by atoms with Crippen molar-refractivity contribution in [2.45, 2.75) is 60.4 Å². The molecule has 5 aromatic carbocycles. The lowest BCUT2D eigenvalue weighted by molar-refractivity contribution is 0.294. The van der Waals surface area contributed by atoms with Gasteiger partial charge in [0, 0.05) is 52.4 Å². The number of rotatable bonds is 8. The molecule has 0 bridgehead atoms. The van der Waals surface area contributed by atoms with Gasteiger partial charge in [-0.3, -0.25) is 0 Å². The first-order valence-corrected chi connectivity index (χ1v) is 25.3. The third-order valence-electron chi connectivity index (χ3n) is 10.7. The Morgan fingerprint density at radius 2 is 0.581 bits per heavy atom. The minimum Gasteiger partial charge on any atom is -0.207 e. The average Bonchev–Trinajstić information content (AvgIpc) is 3.23. The molecular formula is C44H46N6O8S4. The summed E-state index contributed by atoms with van der Waals surface area (Å²) >= 11 is 0. The highest BCUT2D eigenvalue weighted by molar-refractivity contribution is 7.90. The van der Waals surface area contributed by atoms with Crippen LogP contribution < -0.4 is 0 Å². The first-order chi connectivity index (χ1) is 29.3. The maximum Gasteiger partial charge on any atom is 0.243 e. The molecular weight excluding hydrogens is 869 g/mol. The third-order valence-corrected chi connectivity index (χ3v) is 18.3. The molecule has 0 aromatic heterocycles. The van der Waals surface area contributed by atoms with Crippen molar-refractivity contribution in [3.63, 3.8) is 0 Å². The van der Waals surface area contributed by atoms with Gasteiger partial charge in [-0.05, 0) is 99.5 Å². The molecule has 0 saturated carbocycles. The van der Waals surface area contributed by atoms with Gasteiger partial charge in [0.15, 0.2) is 0 Å². The van der Waals surface area contributed by atoms with Gasteiger partial charge in [0.05, 0.1) is 30.7 Å². The molecule has 0 amide bonds. The molecule has 0 N–H and O–H groups in total. The van der Waals surface area contributed by atoms with Gasteiger partial charge in [-0.2, -0.15) is 27.7 Å². The molecule has 0 fully saturated rings. The van der Waals surface area contributed by atoms with E-state index in [2.05, 4.69) is 0 Å². The number of fused-ring (bicyclic) bond motifs is 1. The van der Waals surface area contributed by atoms with E-state index in [9.17, 15) is 44.2 Å². The first-order valence-electron chi connectivity index (χ1n) is 19.5. The van der Waals surface area contributed by atoms with Crippen LogP contribution in [0.3, 0.4) is 0 Å². The summed E-state index contributed by atoms with van der Waals surface area (Å²) in [6, 6.07) is 30.9. The number of nitrogens with zero attached hydrogens (tertiary/aromatic N) is 6. The Bertz CT molecular complexity index is 2780. The van der Waals surface area contributed by atoms with Crippen LogP contribution in [0, 0.1) is 50.4 Å². The third kappa shape index (κ3) is 9.99. The van der Waals surface area contributed by atoms with E-state index in [0.717, 1.165) is 39.5 Å². The van der Waals surface area contributed by atoms with Crippen LogP contribution in [0.1, 0.15) is 44.5 Å². The monoisotopic (exact) mass is 914 g/mol. The summed E-state index contributed by atoms with van der Waals surface area (Å²) in [5.74, 6) is 0. The molecule has 1 aliphatic rings. The smallest absolute Gasteiger partial charge is 0.207 e. The molecule has 1 heterocycles. The zero-order valence-corrected chi connectivity index (χ0v) is 37.9. The van der Waals surface area contributed by atoms with Gasteiger partial charge in [0.1, 0.15) is 12.1 Å². The van der Waals surface area contributed by atoms with Crippen LogP contribution >= 0.6 is 0 Å². The molecule has 14 nitrogen and oxygen atoms in total. The molecule has 0 unspecified atom stereocenters. The molecule has 5 aromatic rings. The van der Waals surface area contributed by atoms with Crippen LogP contribution in [0.4, 0.5) is 0 Å². The topological polar surface area (TPSA) is 197 Å². The number of benzene rings is 5. The first kappa shape index (κ1) is 46.2. The number of aryl methyl sites for hydroxylation is 4. The molecule has 62 heavy (non-hydrogen) atoms. The SMILES string of the molecule is Cc1ccc(S(=O)(=O)N2CCN(S(=O)(=O)c3ccc(C)cc3)CCN(S(=O)(=O)c3ccc(C)cc3)Cc3cc(C#N)c(C#N)cc3CN(S(=O)(=O)c3ccc(C)cc3)CC2)cc1.